The monoisotopic (exact) mass is 537 g/mol. The molecule has 0 heterocycles. The van der Waals surface area contributed by atoms with Crippen molar-refractivity contribution in [3.63, 3.8) is 0 Å². The fraction of sp³-hybridized carbons (Fsp3) is 0.310. The fourth-order valence-corrected chi connectivity index (χ4v) is 5.62. The average molecular weight is 538 g/mol. The van der Waals surface area contributed by atoms with Crippen LogP contribution in [-0.4, -0.2) is 57.9 Å². The molecule has 1 N–H and O–H groups in total. The van der Waals surface area contributed by atoms with E-state index in [4.69, 9.17) is 4.74 Å². The van der Waals surface area contributed by atoms with Crippen molar-refractivity contribution >= 4 is 27.5 Å². The van der Waals surface area contributed by atoms with Gasteiger partial charge in [0.25, 0.3) is 10.0 Å². The number of rotatable bonds is 13. The predicted octanol–water partition coefficient (Wildman–Crippen LogP) is 3.88. The predicted molar refractivity (Wildman–Crippen MR) is 149 cm³/mol. The van der Waals surface area contributed by atoms with Crippen LogP contribution >= 0.6 is 0 Å². The van der Waals surface area contributed by atoms with Gasteiger partial charge in [0, 0.05) is 13.6 Å². The number of hydrogen-bond acceptors (Lipinski definition) is 5. The van der Waals surface area contributed by atoms with E-state index in [2.05, 4.69) is 5.32 Å². The Bertz CT molecular complexity index is 1280. The van der Waals surface area contributed by atoms with Crippen molar-refractivity contribution in [3.8, 4) is 5.75 Å². The normalized spacial score (nSPS) is 11.9. The molecule has 0 aliphatic carbocycles. The SMILES string of the molecule is CCOc1ccc(N(CC(=O)N(CCc2ccccc2)[C@@H](CC)C(=O)NC)S(=O)(=O)c2ccccc2)cc1. The first-order valence-electron chi connectivity index (χ1n) is 12.7. The number of sulfonamides is 1. The molecular formula is C29H35N3O5S. The quantitative estimate of drug-likeness (QED) is 0.357. The van der Waals surface area contributed by atoms with Crippen LogP contribution in [0.1, 0.15) is 25.8 Å². The number of carbonyl (C=O) groups is 2. The summed E-state index contributed by atoms with van der Waals surface area (Å²) in [4.78, 5) is 28.1. The molecule has 202 valence electrons. The van der Waals surface area contributed by atoms with Gasteiger partial charge in [-0.15, -0.1) is 0 Å². The van der Waals surface area contributed by atoms with E-state index in [1.54, 1.807) is 42.5 Å². The molecule has 38 heavy (non-hydrogen) atoms. The highest BCUT2D eigenvalue weighted by atomic mass is 32.2. The molecule has 0 aliphatic heterocycles. The fourth-order valence-electron chi connectivity index (χ4n) is 4.19. The summed E-state index contributed by atoms with van der Waals surface area (Å²) in [6.07, 6.45) is 0.906. The third-order valence-corrected chi connectivity index (χ3v) is 7.95. The number of likely N-dealkylation sites (N-methyl/N-ethyl adjacent to an activating group) is 1. The van der Waals surface area contributed by atoms with Crippen LogP contribution in [0.2, 0.25) is 0 Å². The van der Waals surface area contributed by atoms with E-state index in [0.717, 1.165) is 9.87 Å². The summed E-state index contributed by atoms with van der Waals surface area (Å²) in [5, 5.41) is 2.63. The second-order valence-corrected chi connectivity index (χ2v) is 10.5. The number of anilines is 1. The van der Waals surface area contributed by atoms with Crippen LogP contribution in [0.3, 0.4) is 0 Å². The van der Waals surface area contributed by atoms with Crippen molar-refractivity contribution in [1.82, 2.24) is 10.2 Å². The summed E-state index contributed by atoms with van der Waals surface area (Å²) in [5.74, 6) is -0.174. The summed E-state index contributed by atoms with van der Waals surface area (Å²) in [5.41, 5.74) is 1.33. The zero-order valence-corrected chi connectivity index (χ0v) is 22.9. The summed E-state index contributed by atoms with van der Waals surface area (Å²) >= 11 is 0. The molecule has 0 saturated carbocycles. The van der Waals surface area contributed by atoms with Crippen molar-refractivity contribution < 1.29 is 22.7 Å². The summed E-state index contributed by atoms with van der Waals surface area (Å²) in [7, 11) is -2.56. The van der Waals surface area contributed by atoms with E-state index in [9.17, 15) is 18.0 Å². The molecule has 1 atom stereocenters. The lowest BCUT2D eigenvalue weighted by molar-refractivity contribution is -0.139. The molecule has 0 unspecified atom stereocenters. The lowest BCUT2D eigenvalue weighted by atomic mass is 10.1. The minimum absolute atomic E-state index is 0.0656. The molecule has 0 spiro atoms. The van der Waals surface area contributed by atoms with Crippen LogP contribution in [0, 0.1) is 0 Å². The molecule has 0 aliphatic rings. The topological polar surface area (TPSA) is 96.0 Å². The molecule has 2 amide bonds. The molecule has 3 aromatic rings. The van der Waals surface area contributed by atoms with Gasteiger partial charge in [-0.05, 0) is 61.7 Å². The molecule has 9 heteroatoms. The molecule has 0 bridgehead atoms. The van der Waals surface area contributed by atoms with Gasteiger partial charge in [0.2, 0.25) is 11.8 Å². The number of carbonyl (C=O) groups excluding carboxylic acids is 2. The van der Waals surface area contributed by atoms with Crippen molar-refractivity contribution in [2.75, 3.05) is 31.0 Å². The highest BCUT2D eigenvalue weighted by Crippen LogP contribution is 2.26. The van der Waals surface area contributed by atoms with Gasteiger partial charge in [0.05, 0.1) is 17.2 Å². The van der Waals surface area contributed by atoms with Crippen LogP contribution < -0.4 is 14.4 Å². The first kappa shape index (κ1) is 28.7. The number of nitrogens with zero attached hydrogens (tertiary/aromatic N) is 2. The van der Waals surface area contributed by atoms with Crippen LogP contribution in [0.15, 0.2) is 89.8 Å². The zero-order chi connectivity index (χ0) is 27.5. The number of benzene rings is 3. The third kappa shape index (κ3) is 7.13. The third-order valence-electron chi connectivity index (χ3n) is 6.16. The largest absolute Gasteiger partial charge is 0.494 e. The van der Waals surface area contributed by atoms with Gasteiger partial charge in [-0.25, -0.2) is 8.42 Å². The van der Waals surface area contributed by atoms with Gasteiger partial charge in [0.1, 0.15) is 18.3 Å². The molecule has 3 aromatic carbocycles. The van der Waals surface area contributed by atoms with Gasteiger partial charge >= 0.3 is 0 Å². The number of ether oxygens (including phenoxy) is 1. The van der Waals surface area contributed by atoms with Crippen LogP contribution in [0.5, 0.6) is 5.75 Å². The van der Waals surface area contributed by atoms with Crippen LogP contribution in [-0.2, 0) is 26.0 Å². The molecule has 0 saturated heterocycles. The van der Waals surface area contributed by atoms with Gasteiger partial charge in [-0.2, -0.15) is 0 Å². The van der Waals surface area contributed by atoms with Gasteiger partial charge < -0.3 is 15.0 Å². The Morgan fingerprint density at radius 3 is 2.05 bits per heavy atom. The van der Waals surface area contributed by atoms with E-state index in [1.807, 2.05) is 44.2 Å². The molecule has 0 radical (unpaired) electrons. The lowest BCUT2D eigenvalue weighted by Crippen LogP contribution is -2.52. The van der Waals surface area contributed by atoms with Crippen molar-refractivity contribution in [2.24, 2.45) is 0 Å². The van der Waals surface area contributed by atoms with E-state index in [0.29, 0.717) is 30.9 Å². The maximum atomic E-state index is 13.8. The number of nitrogens with one attached hydrogen (secondary N) is 1. The highest BCUT2D eigenvalue weighted by molar-refractivity contribution is 7.92. The highest BCUT2D eigenvalue weighted by Gasteiger charge is 2.33. The summed E-state index contributed by atoms with van der Waals surface area (Å²) < 4.78 is 34.1. The molecule has 8 nitrogen and oxygen atoms in total. The second kappa shape index (κ2) is 13.6. The van der Waals surface area contributed by atoms with E-state index >= 15 is 0 Å². The molecule has 0 aromatic heterocycles. The summed E-state index contributed by atoms with van der Waals surface area (Å²) in [6.45, 7) is 3.95. The average Bonchev–Trinajstić information content (AvgIpc) is 2.95. The van der Waals surface area contributed by atoms with Crippen LogP contribution in [0.4, 0.5) is 5.69 Å². The molecule has 3 rings (SSSR count). The van der Waals surface area contributed by atoms with Crippen molar-refractivity contribution in [3.05, 3.63) is 90.5 Å². The van der Waals surface area contributed by atoms with E-state index in [-0.39, 0.29) is 17.3 Å². The minimum Gasteiger partial charge on any atom is -0.494 e. The first-order chi connectivity index (χ1) is 18.3. The number of amides is 2. The van der Waals surface area contributed by atoms with Crippen molar-refractivity contribution in [2.45, 2.75) is 37.6 Å². The van der Waals surface area contributed by atoms with Gasteiger partial charge in [-0.1, -0.05) is 55.5 Å². The maximum Gasteiger partial charge on any atom is 0.264 e. The Morgan fingerprint density at radius 2 is 1.50 bits per heavy atom. The zero-order valence-electron chi connectivity index (χ0n) is 22.0. The van der Waals surface area contributed by atoms with E-state index in [1.165, 1.54) is 24.1 Å². The Balaban J connectivity index is 1.98. The first-order valence-corrected chi connectivity index (χ1v) is 14.1. The molecule has 0 fully saturated rings. The minimum atomic E-state index is -4.09. The lowest BCUT2D eigenvalue weighted by Gasteiger charge is -2.33. The Morgan fingerprint density at radius 1 is 0.895 bits per heavy atom. The Labute approximate surface area is 225 Å². The smallest absolute Gasteiger partial charge is 0.264 e. The van der Waals surface area contributed by atoms with Gasteiger partial charge in [0.15, 0.2) is 0 Å². The van der Waals surface area contributed by atoms with Crippen LogP contribution in [0.25, 0.3) is 0 Å². The van der Waals surface area contributed by atoms with E-state index < -0.39 is 28.5 Å². The maximum absolute atomic E-state index is 13.8. The molecular weight excluding hydrogens is 502 g/mol. The Hall–Kier alpha value is -3.85. The summed E-state index contributed by atoms with van der Waals surface area (Å²) in [6, 6.07) is 23.5. The number of hydrogen-bond donors (Lipinski definition) is 1. The standard InChI is InChI=1S/C29H35N3O5S/c1-4-27(29(34)30-3)31(21-20-23-12-8-6-9-13-23)28(33)22-32(24-16-18-25(19-17-24)37-5-2)38(35,36)26-14-10-7-11-15-26/h6-19,27H,4-5,20-22H2,1-3H3,(H,30,34)/t27-/m0/s1. The Kier molecular flexibility index (Phi) is 10.3. The van der Waals surface area contributed by atoms with Crippen molar-refractivity contribution in [1.29, 1.82) is 0 Å². The second-order valence-electron chi connectivity index (χ2n) is 8.61. The van der Waals surface area contributed by atoms with Gasteiger partial charge in [-0.3, -0.25) is 13.9 Å².